The summed E-state index contributed by atoms with van der Waals surface area (Å²) >= 11 is 0. The first kappa shape index (κ1) is 25.4. The molecule has 1 saturated carbocycles. The number of H-pyrrole nitrogens is 1. The van der Waals surface area contributed by atoms with Crippen molar-refractivity contribution in [2.24, 2.45) is 5.92 Å². The predicted molar refractivity (Wildman–Crippen MR) is 149 cm³/mol. The monoisotopic (exact) mass is 515 g/mol. The average molecular weight is 515 g/mol. The van der Waals surface area contributed by atoms with Gasteiger partial charge in [-0.2, -0.15) is 0 Å². The van der Waals surface area contributed by atoms with E-state index in [1.54, 1.807) is 0 Å². The summed E-state index contributed by atoms with van der Waals surface area (Å²) in [6.07, 6.45) is 4.81. The number of likely N-dealkylation sites (tertiary alicyclic amines) is 1. The Kier molecular flexibility index (Phi) is 5.75. The largest absolute Gasteiger partial charge is 0.494 e. The van der Waals surface area contributed by atoms with Crippen molar-refractivity contribution in [2.45, 2.75) is 96.6 Å². The zero-order valence-corrected chi connectivity index (χ0v) is 23.5. The van der Waals surface area contributed by atoms with Gasteiger partial charge in [-0.05, 0) is 95.9 Å². The van der Waals surface area contributed by atoms with Crippen LogP contribution in [0.3, 0.4) is 0 Å². The highest BCUT2D eigenvalue weighted by atomic mass is 16.7. The Morgan fingerprint density at radius 2 is 1.74 bits per heavy atom. The molecular formula is C30H38BN3O4. The van der Waals surface area contributed by atoms with Crippen molar-refractivity contribution in [3.8, 4) is 11.3 Å². The van der Waals surface area contributed by atoms with Crippen LogP contribution in [0.15, 0.2) is 42.6 Å². The summed E-state index contributed by atoms with van der Waals surface area (Å²) in [6.45, 7) is 14.0. The van der Waals surface area contributed by atoms with Gasteiger partial charge in [0.25, 0.3) is 0 Å². The summed E-state index contributed by atoms with van der Waals surface area (Å²) < 4.78 is 18.3. The van der Waals surface area contributed by atoms with Gasteiger partial charge in [0.2, 0.25) is 0 Å². The maximum absolute atomic E-state index is 13.1. The summed E-state index contributed by atoms with van der Waals surface area (Å²) in [6, 6.07) is 12.9. The van der Waals surface area contributed by atoms with E-state index in [-0.39, 0.29) is 36.5 Å². The quantitative estimate of drug-likeness (QED) is 0.434. The first-order valence-electron chi connectivity index (χ1n) is 13.8. The van der Waals surface area contributed by atoms with E-state index in [2.05, 4.69) is 69.1 Å². The smallest absolute Gasteiger partial charge is 0.444 e. The lowest BCUT2D eigenvalue weighted by atomic mass is 9.78. The molecule has 2 bridgehead atoms. The zero-order chi connectivity index (χ0) is 27.0. The highest BCUT2D eigenvalue weighted by Crippen LogP contribution is 2.50. The van der Waals surface area contributed by atoms with Crippen LogP contribution in [0.25, 0.3) is 22.0 Å². The summed E-state index contributed by atoms with van der Waals surface area (Å²) in [5, 5.41) is 2.26. The van der Waals surface area contributed by atoms with Crippen molar-refractivity contribution in [3.63, 3.8) is 0 Å². The summed E-state index contributed by atoms with van der Waals surface area (Å²) in [7, 11) is -0.381. The van der Waals surface area contributed by atoms with Crippen LogP contribution in [-0.4, -0.2) is 50.9 Å². The van der Waals surface area contributed by atoms with E-state index in [9.17, 15) is 4.79 Å². The Bertz CT molecular complexity index is 1380. The molecular weight excluding hydrogens is 477 g/mol. The molecule has 1 amide bonds. The lowest BCUT2D eigenvalue weighted by Crippen LogP contribution is -2.43. The molecule has 7 nitrogen and oxygen atoms in total. The molecule has 2 aromatic carbocycles. The number of fused-ring (bicyclic) bond motifs is 3. The van der Waals surface area contributed by atoms with E-state index < -0.39 is 5.60 Å². The lowest BCUT2D eigenvalue weighted by molar-refractivity contribution is 0.00578. The molecule has 1 N–H and O–H groups in total. The Labute approximate surface area is 225 Å². The highest BCUT2D eigenvalue weighted by Gasteiger charge is 2.52. The van der Waals surface area contributed by atoms with Gasteiger partial charge < -0.3 is 19.0 Å². The van der Waals surface area contributed by atoms with Crippen molar-refractivity contribution in [1.29, 1.82) is 0 Å². The average Bonchev–Trinajstić information content (AvgIpc) is 3.60. The molecule has 3 aromatic rings. The van der Waals surface area contributed by atoms with Gasteiger partial charge in [-0.15, -0.1) is 0 Å². The molecule has 3 atom stereocenters. The molecule has 0 radical (unpaired) electrons. The van der Waals surface area contributed by atoms with Gasteiger partial charge in [-0.3, -0.25) is 4.90 Å². The van der Waals surface area contributed by atoms with Crippen LogP contribution in [0.5, 0.6) is 0 Å². The number of imidazole rings is 1. The fourth-order valence-corrected chi connectivity index (χ4v) is 6.11. The molecule has 6 rings (SSSR count). The minimum absolute atomic E-state index is 0.0692. The fraction of sp³-hybridized carbons (Fsp3) is 0.533. The molecule has 1 aromatic heterocycles. The standard InChI is InChI=1S/C30H38BN3O4/c1-28(2,3)36-27(35)34-23-13-11-21(16-23)25(34)26-32-17-24(33-26)20-9-8-19-15-22(12-10-18(19)14-20)31-37-29(4,5)30(6,7)38-31/h8-10,12,14-15,17,21,23,25H,11,13,16H2,1-7H3,(H,32,33)/t21?,23-,25+/m1/s1. The minimum Gasteiger partial charge on any atom is -0.444 e. The molecule has 3 fully saturated rings. The van der Waals surface area contributed by atoms with Gasteiger partial charge in [-0.1, -0.05) is 30.3 Å². The number of hydrogen-bond acceptors (Lipinski definition) is 5. The molecule has 3 aliphatic rings. The molecule has 200 valence electrons. The number of carbonyl (C=O) groups is 1. The van der Waals surface area contributed by atoms with E-state index in [1.165, 1.54) is 0 Å². The number of carbonyl (C=O) groups excluding carboxylic acids is 1. The van der Waals surface area contributed by atoms with Crippen LogP contribution in [0.1, 0.15) is 79.6 Å². The minimum atomic E-state index is -0.523. The number of nitrogens with one attached hydrogen (secondary N) is 1. The highest BCUT2D eigenvalue weighted by molar-refractivity contribution is 6.62. The number of aromatic amines is 1. The summed E-state index contributed by atoms with van der Waals surface area (Å²) in [4.78, 5) is 23.3. The number of aromatic nitrogens is 2. The van der Waals surface area contributed by atoms with Crippen molar-refractivity contribution in [3.05, 3.63) is 48.4 Å². The first-order valence-corrected chi connectivity index (χ1v) is 13.8. The van der Waals surface area contributed by atoms with Gasteiger partial charge in [0.1, 0.15) is 11.4 Å². The van der Waals surface area contributed by atoms with Gasteiger partial charge in [0.15, 0.2) is 0 Å². The van der Waals surface area contributed by atoms with Crippen molar-refractivity contribution >= 4 is 29.4 Å². The number of rotatable bonds is 3. The van der Waals surface area contributed by atoms with Crippen LogP contribution in [0.4, 0.5) is 4.79 Å². The van der Waals surface area contributed by atoms with Crippen LogP contribution < -0.4 is 5.46 Å². The van der Waals surface area contributed by atoms with Gasteiger partial charge in [0.05, 0.1) is 29.1 Å². The van der Waals surface area contributed by atoms with Crippen molar-refractivity contribution in [2.75, 3.05) is 0 Å². The Balaban J connectivity index is 1.25. The molecule has 3 heterocycles. The normalized spacial score (nSPS) is 25.9. The number of benzene rings is 2. The Morgan fingerprint density at radius 1 is 1.05 bits per heavy atom. The topological polar surface area (TPSA) is 76.7 Å². The van der Waals surface area contributed by atoms with E-state index >= 15 is 0 Å². The third-order valence-corrected chi connectivity index (χ3v) is 8.77. The maximum atomic E-state index is 13.1. The van der Waals surface area contributed by atoms with Crippen molar-refractivity contribution in [1.82, 2.24) is 14.9 Å². The Hall–Kier alpha value is -2.84. The molecule has 2 saturated heterocycles. The number of hydrogen-bond donors (Lipinski definition) is 1. The van der Waals surface area contributed by atoms with Crippen LogP contribution in [0, 0.1) is 5.92 Å². The third-order valence-electron chi connectivity index (χ3n) is 8.77. The molecule has 8 heteroatoms. The van der Waals surface area contributed by atoms with Crippen molar-refractivity contribution < 1.29 is 18.8 Å². The third kappa shape index (κ3) is 4.32. The van der Waals surface area contributed by atoms with Gasteiger partial charge in [0, 0.05) is 11.6 Å². The molecule has 0 spiro atoms. The number of piperidine rings is 1. The molecule has 38 heavy (non-hydrogen) atoms. The summed E-state index contributed by atoms with van der Waals surface area (Å²) in [5.41, 5.74) is 1.77. The Morgan fingerprint density at radius 3 is 2.45 bits per heavy atom. The number of amides is 1. The van der Waals surface area contributed by atoms with E-state index in [0.717, 1.165) is 52.6 Å². The molecule has 1 aliphatic carbocycles. The second kappa shape index (κ2) is 8.58. The predicted octanol–water partition coefficient (Wildman–Crippen LogP) is 5.99. The SMILES string of the molecule is CC(C)(C)OC(=O)N1[C@@H]2CCC(C2)[C@H]1c1ncc(-c2ccc3cc(B4OC(C)(C)C(C)(C)O4)ccc3c2)[nH]1. The molecule has 2 aliphatic heterocycles. The number of ether oxygens (including phenoxy) is 1. The molecule has 1 unspecified atom stereocenters. The van der Waals surface area contributed by atoms with Gasteiger partial charge >= 0.3 is 13.2 Å². The summed E-state index contributed by atoms with van der Waals surface area (Å²) in [5.74, 6) is 1.26. The number of nitrogens with zero attached hydrogens (tertiary/aromatic N) is 2. The van der Waals surface area contributed by atoms with E-state index in [0.29, 0.717) is 5.92 Å². The lowest BCUT2D eigenvalue weighted by Gasteiger charge is -2.35. The van der Waals surface area contributed by atoms with Crippen LogP contribution >= 0.6 is 0 Å². The second-order valence-electron chi connectivity index (χ2n) is 13.2. The maximum Gasteiger partial charge on any atom is 0.494 e. The van der Waals surface area contributed by atoms with Crippen LogP contribution in [0.2, 0.25) is 0 Å². The van der Waals surface area contributed by atoms with Gasteiger partial charge in [-0.25, -0.2) is 9.78 Å². The first-order chi connectivity index (χ1) is 17.8. The van der Waals surface area contributed by atoms with Crippen LogP contribution in [-0.2, 0) is 14.0 Å². The van der Waals surface area contributed by atoms with E-state index in [4.69, 9.17) is 19.0 Å². The van der Waals surface area contributed by atoms with E-state index in [1.807, 2.05) is 31.9 Å². The second-order valence-corrected chi connectivity index (χ2v) is 13.2. The fourth-order valence-electron chi connectivity index (χ4n) is 6.11. The zero-order valence-electron chi connectivity index (χ0n) is 23.5.